The number of amides is 1. The molecule has 0 atom stereocenters. The van der Waals surface area contributed by atoms with Gasteiger partial charge in [0.05, 0.1) is 11.2 Å². The fourth-order valence-electron chi connectivity index (χ4n) is 1.14. The van der Waals surface area contributed by atoms with Crippen LogP contribution in [0.15, 0.2) is 12.3 Å². The zero-order valence-corrected chi connectivity index (χ0v) is 10.1. The fourth-order valence-corrected chi connectivity index (χ4v) is 1.14. The van der Waals surface area contributed by atoms with Gasteiger partial charge in [0.1, 0.15) is 6.67 Å². The number of aromatic nitrogens is 2. The Morgan fingerprint density at radius 3 is 2.69 bits per heavy atom. The molecule has 0 aromatic carbocycles. The van der Waals surface area contributed by atoms with Gasteiger partial charge in [0.2, 0.25) is 0 Å². The summed E-state index contributed by atoms with van der Waals surface area (Å²) < 4.78 is 13.7. The highest BCUT2D eigenvalue weighted by molar-refractivity contribution is 5.76. The third-order valence-electron chi connectivity index (χ3n) is 2.19. The second-order valence-electron chi connectivity index (χ2n) is 4.79. The van der Waals surface area contributed by atoms with Crippen LogP contribution in [-0.2, 0) is 0 Å². The van der Waals surface area contributed by atoms with Crippen molar-refractivity contribution in [2.24, 2.45) is 0 Å². The normalized spacial score (nSPS) is 11.9. The average molecular weight is 227 g/mol. The third-order valence-corrected chi connectivity index (χ3v) is 2.19. The van der Waals surface area contributed by atoms with Crippen LogP contribution in [0.3, 0.4) is 0 Å². The molecule has 5 heteroatoms. The van der Waals surface area contributed by atoms with Crippen molar-refractivity contribution in [3.05, 3.63) is 18.0 Å². The van der Waals surface area contributed by atoms with Crippen LogP contribution in [0, 0.1) is 0 Å². The first-order valence-electron chi connectivity index (χ1n) is 5.30. The summed E-state index contributed by atoms with van der Waals surface area (Å²) in [5.74, 6) is 0.267. The molecule has 0 fully saturated rings. The second-order valence-corrected chi connectivity index (χ2v) is 4.79. The molecule has 0 aliphatic rings. The van der Waals surface area contributed by atoms with Crippen molar-refractivity contribution >= 4 is 6.03 Å². The molecule has 0 aliphatic heterocycles. The summed E-state index contributed by atoms with van der Waals surface area (Å²) in [7, 11) is 0. The highest BCUT2D eigenvalue weighted by Crippen LogP contribution is 2.10. The van der Waals surface area contributed by atoms with Crippen LogP contribution in [-0.4, -0.2) is 28.0 Å². The Morgan fingerprint density at radius 1 is 1.62 bits per heavy atom. The first-order chi connectivity index (χ1) is 7.35. The highest BCUT2D eigenvalue weighted by atomic mass is 19.1. The van der Waals surface area contributed by atoms with E-state index in [1.807, 2.05) is 13.8 Å². The van der Waals surface area contributed by atoms with E-state index in [0.29, 0.717) is 0 Å². The van der Waals surface area contributed by atoms with Crippen molar-refractivity contribution in [3.63, 3.8) is 0 Å². The van der Waals surface area contributed by atoms with E-state index in [4.69, 9.17) is 0 Å². The van der Waals surface area contributed by atoms with Gasteiger partial charge in [-0.1, -0.05) is 13.8 Å². The van der Waals surface area contributed by atoms with Gasteiger partial charge >= 0.3 is 6.03 Å². The zero-order valence-electron chi connectivity index (χ0n) is 10.1. The van der Waals surface area contributed by atoms with E-state index in [1.54, 1.807) is 26.1 Å². The highest BCUT2D eigenvalue weighted by Gasteiger charge is 2.21. The van der Waals surface area contributed by atoms with Crippen LogP contribution in [0.25, 0.3) is 0 Å². The van der Waals surface area contributed by atoms with Crippen molar-refractivity contribution in [2.45, 2.75) is 39.2 Å². The van der Waals surface area contributed by atoms with Gasteiger partial charge in [0.25, 0.3) is 0 Å². The van der Waals surface area contributed by atoms with Crippen molar-refractivity contribution in [2.75, 3.05) is 6.67 Å². The average Bonchev–Trinajstić information content (AvgIpc) is 2.66. The Kier molecular flexibility index (Phi) is 3.67. The minimum Gasteiger partial charge on any atom is -0.329 e. The smallest absolute Gasteiger partial charge is 0.329 e. The molecule has 16 heavy (non-hydrogen) atoms. The number of nitrogens with one attached hydrogen (secondary N) is 1. The van der Waals surface area contributed by atoms with Crippen LogP contribution >= 0.6 is 0 Å². The van der Waals surface area contributed by atoms with E-state index in [-0.39, 0.29) is 5.92 Å². The Morgan fingerprint density at radius 2 is 2.25 bits per heavy atom. The lowest BCUT2D eigenvalue weighted by molar-refractivity contribution is 0.219. The van der Waals surface area contributed by atoms with Crippen LogP contribution in [0.2, 0.25) is 0 Å². The van der Waals surface area contributed by atoms with Gasteiger partial charge in [-0.25, -0.2) is 9.18 Å². The molecule has 0 unspecified atom stereocenters. The number of halogens is 1. The molecule has 1 rings (SSSR count). The summed E-state index contributed by atoms with van der Waals surface area (Å²) in [6.45, 7) is 6.62. The molecule has 1 amide bonds. The van der Waals surface area contributed by atoms with E-state index < -0.39 is 18.2 Å². The van der Waals surface area contributed by atoms with Gasteiger partial charge in [0.15, 0.2) is 0 Å². The molecule has 4 nitrogen and oxygen atoms in total. The number of carbonyl (C=O) groups is 1. The predicted molar refractivity (Wildman–Crippen MR) is 60.3 cm³/mol. The maximum absolute atomic E-state index is 12.5. The summed E-state index contributed by atoms with van der Waals surface area (Å²) in [5, 5.41) is 6.67. The maximum Gasteiger partial charge on any atom is 0.342 e. The van der Waals surface area contributed by atoms with Crippen LogP contribution < -0.4 is 5.32 Å². The summed E-state index contributed by atoms with van der Waals surface area (Å²) in [6.07, 6.45) is 1.58. The van der Waals surface area contributed by atoms with Crippen molar-refractivity contribution < 1.29 is 9.18 Å². The maximum atomic E-state index is 12.5. The molecule has 90 valence electrons. The van der Waals surface area contributed by atoms with Gasteiger partial charge in [-0.15, -0.1) is 0 Å². The van der Waals surface area contributed by atoms with E-state index in [1.165, 1.54) is 4.68 Å². The van der Waals surface area contributed by atoms with Gasteiger partial charge in [0, 0.05) is 6.20 Å². The molecule has 0 radical (unpaired) electrons. The van der Waals surface area contributed by atoms with Crippen molar-refractivity contribution in [1.82, 2.24) is 15.1 Å². The Hall–Kier alpha value is -1.39. The zero-order chi connectivity index (χ0) is 12.3. The number of hydrogen-bond acceptors (Lipinski definition) is 2. The van der Waals surface area contributed by atoms with E-state index in [0.717, 1.165) is 5.69 Å². The summed E-state index contributed by atoms with van der Waals surface area (Å²) in [4.78, 5) is 11.7. The molecule has 0 saturated heterocycles. The Balaban J connectivity index is 2.74. The predicted octanol–water partition coefficient (Wildman–Crippen LogP) is 2.31. The van der Waals surface area contributed by atoms with Crippen molar-refractivity contribution in [3.8, 4) is 0 Å². The minimum atomic E-state index is -0.860. The first kappa shape index (κ1) is 12.7. The summed E-state index contributed by atoms with van der Waals surface area (Å²) >= 11 is 0. The molecule has 0 bridgehead atoms. The molecule has 0 saturated carbocycles. The molecule has 0 spiro atoms. The van der Waals surface area contributed by atoms with Gasteiger partial charge < -0.3 is 5.32 Å². The molecule has 1 aromatic heterocycles. The Bertz CT molecular complexity index is 371. The number of hydrogen-bond donors (Lipinski definition) is 1. The topological polar surface area (TPSA) is 46.9 Å². The second kappa shape index (κ2) is 4.63. The van der Waals surface area contributed by atoms with Gasteiger partial charge in [-0.2, -0.15) is 9.78 Å². The fraction of sp³-hybridized carbons (Fsp3) is 0.636. The SMILES string of the molecule is CC(C)c1ccn(C(=O)NC(C)(C)CF)n1. The number of alkyl halides is 1. The molecule has 0 aliphatic carbocycles. The summed E-state index contributed by atoms with van der Waals surface area (Å²) in [6, 6.07) is 1.38. The van der Waals surface area contributed by atoms with E-state index >= 15 is 0 Å². The molecule has 1 heterocycles. The largest absolute Gasteiger partial charge is 0.342 e. The summed E-state index contributed by atoms with van der Waals surface area (Å²) in [5.41, 5.74) is -0.0192. The Labute approximate surface area is 94.8 Å². The number of carbonyl (C=O) groups excluding carboxylic acids is 1. The van der Waals surface area contributed by atoms with E-state index in [2.05, 4.69) is 10.4 Å². The van der Waals surface area contributed by atoms with Gasteiger partial charge in [-0.3, -0.25) is 0 Å². The standard InChI is InChI=1S/C11H18FN3O/c1-8(2)9-5-6-15(14-9)10(16)13-11(3,4)7-12/h5-6,8H,7H2,1-4H3,(H,13,16). The van der Waals surface area contributed by atoms with E-state index in [9.17, 15) is 9.18 Å². The quantitative estimate of drug-likeness (QED) is 0.861. The van der Waals surface area contributed by atoms with Crippen LogP contribution in [0.1, 0.15) is 39.3 Å². The van der Waals surface area contributed by atoms with Crippen molar-refractivity contribution in [1.29, 1.82) is 0 Å². The number of nitrogens with zero attached hydrogens (tertiary/aromatic N) is 2. The minimum absolute atomic E-state index is 0.267. The third kappa shape index (κ3) is 3.05. The van der Waals surface area contributed by atoms with Gasteiger partial charge in [-0.05, 0) is 25.8 Å². The van der Waals surface area contributed by atoms with Crippen LogP contribution in [0.5, 0.6) is 0 Å². The molecular weight excluding hydrogens is 209 g/mol. The lowest BCUT2D eigenvalue weighted by Crippen LogP contribution is -2.47. The first-order valence-corrected chi connectivity index (χ1v) is 5.30. The van der Waals surface area contributed by atoms with Crippen LogP contribution in [0.4, 0.5) is 9.18 Å². The monoisotopic (exact) mass is 227 g/mol. The lowest BCUT2D eigenvalue weighted by atomic mass is 10.1. The molecular formula is C11H18FN3O. The number of rotatable bonds is 3. The molecule has 1 aromatic rings. The lowest BCUT2D eigenvalue weighted by Gasteiger charge is -2.21. The molecule has 1 N–H and O–H groups in total.